The standard InChI is InChI=1S/C22H22N6O3/c1-30-10-2-3-11-31-20-15-26-19(14-27-20)22(29)28-17-7-4-6-16(12-17)13-25-18-8-5-9-24-21(18)23/h4-9,12,14-15,25H,10-11,13H2,1H3,(H2,23,24)(H,28,29). The van der Waals surface area contributed by atoms with Gasteiger partial charge in [0, 0.05) is 25.5 Å². The Bertz CT molecular complexity index is 1080. The molecule has 0 saturated heterocycles. The second-order valence-electron chi connectivity index (χ2n) is 6.26. The smallest absolute Gasteiger partial charge is 0.275 e. The zero-order chi connectivity index (χ0) is 21.9. The lowest BCUT2D eigenvalue weighted by Gasteiger charge is -2.10. The van der Waals surface area contributed by atoms with Crippen LogP contribution in [-0.4, -0.2) is 41.2 Å². The molecule has 0 unspecified atom stereocenters. The summed E-state index contributed by atoms with van der Waals surface area (Å²) in [6, 6.07) is 11.1. The number of nitrogens with two attached hydrogens (primary N) is 1. The van der Waals surface area contributed by atoms with Crippen LogP contribution in [0.15, 0.2) is 55.0 Å². The number of carbonyl (C=O) groups excluding carboxylic acids is 1. The number of hydrogen-bond acceptors (Lipinski definition) is 8. The van der Waals surface area contributed by atoms with Gasteiger partial charge in [-0.15, -0.1) is 0 Å². The van der Waals surface area contributed by atoms with E-state index in [9.17, 15) is 4.79 Å². The number of anilines is 3. The third-order valence-corrected chi connectivity index (χ3v) is 4.00. The number of nitrogen functional groups attached to an aromatic ring is 1. The summed E-state index contributed by atoms with van der Waals surface area (Å²) in [7, 11) is 1.57. The third kappa shape index (κ3) is 6.69. The van der Waals surface area contributed by atoms with Gasteiger partial charge in [0.15, 0.2) is 6.61 Å². The van der Waals surface area contributed by atoms with Crippen LogP contribution in [0.5, 0.6) is 5.88 Å². The topological polar surface area (TPSA) is 124 Å². The normalized spacial score (nSPS) is 9.97. The van der Waals surface area contributed by atoms with Gasteiger partial charge in [0.1, 0.15) is 18.1 Å². The van der Waals surface area contributed by atoms with Crippen LogP contribution in [0.2, 0.25) is 0 Å². The van der Waals surface area contributed by atoms with E-state index in [0.29, 0.717) is 24.7 Å². The zero-order valence-corrected chi connectivity index (χ0v) is 17.0. The van der Waals surface area contributed by atoms with Crippen LogP contribution in [0.25, 0.3) is 0 Å². The molecule has 0 radical (unpaired) electrons. The van der Waals surface area contributed by atoms with Gasteiger partial charge >= 0.3 is 0 Å². The van der Waals surface area contributed by atoms with Gasteiger partial charge in [-0.25, -0.2) is 15.0 Å². The quantitative estimate of drug-likeness (QED) is 0.476. The number of rotatable bonds is 8. The molecule has 0 aliphatic carbocycles. The molecule has 9 nitrogen and oxygen atoms in total. The van der Waals surface area contributed by atoms with E-state index >= 15 is 0 Å². The highest BCUT2D eigenvalue weighted by Crippen LogP contribution is 2.17. The number of nitrogens with zero attached hydrogens (tertiary/aromatic N) is 3. The van der Waals surface area contributed by atoms with Crippen LogP contribution in [0, 0.1) is 11.8 Å². The van der Waals surface area contributed by atoms with Crippen LogP contribution < -0.4 is 21.1 Å². The van der Waals surface area contributed by atoms with Crippen LogP contribution in [0.1, 0.15) is 16.1 Å². The molecule has 0 spiro atoms. The molecule has 0 fully saturated rings. The van der Waals surface area contributed by atoms with Crippen molar-refractivity contribution in [1.29, 1.82) is 0 Å². The Morgan fingerprint density at radius 1 is 1.10 bits per heavy atom. The molecule has 4 N–H and O–H groups in total. The van der Waals surface area contributed by atoms with Crippen LogP contribution >= 0.6 is 0 Å². The molecule has 2 heterocycles. The van der Waals surface area contributed by atoms with E-state index in [0.717, 1.165) is 11.3 Å². The molecule has 0 aliphatic rings. The van der Waals surface area contributed by atoms with E-state index in [1.165, 1.54) is 12.4 Å². The highest BCUT2D eigenvalue weighted by Gasteiger charge is 2.09. The molecule has 1 amide bonds. The van der Waals surface area contributed by atoms with Crippen molar-refractivity contribution in [2.24, 2.45) is 0 Å². The van der Waals surface area contributed by atoms with Gasteiger partial charge in [-0.05, 0) is 29.8 Å². The number of amides is 1. The summed E-state index contributed by atoms with van der Waals surface area (Å²) in [4.78, 5) is 24.7. The van der Waals surface area contributed by atoms with Crippen molar-refractivity contribution in [2.45, 2.75) is 6.54 Å². The lowest BCUT2D eigenvalue weighted by molar-refractivity contribution is 0.102. The van der Waals surface area contributed by atoms with Crippen LogP contribution in [-0.2, 0) is 11.3 Å². The van der Waals surface area contributed by atoms with Gasteiger partial charge < -0.3 is 25.8 Å². The van der Waals surface area contributed by atoms with Crippen molar-refractivity contribution in [3.8, 4) is 17.7 Å². The number of pyridine rings is 1. The lowest BCUT2D eigenvalue weighted by Crippen LogP contribution is -2.14. The molecule has 31 heavy (non-hydrogen) atoms. The summed E-state index contributed by atoms with van der Waals surface area (Å²) in [5.41, 5.74) is 8.36. The minimum atomic E-state index is -0.374. The molecule has 3 aromatic rings. The average molecular weight is 418 g/mol. The van der Waals surface area contributed by atoms with Gasteiger partial charge in [-0.3, -0.25) is 4.79 Å². The van der Waals surface area contributed by atoms with Crippen LogP contribution in [0.3, 0.4) is 0 Å². The molecular weight excluding hydrogens is 396 g/mol. The molecule has 9 heteroatoms. The number of nitrogens with one attached hydrogen (secondary N) is 2. The molecule has 2 aromatic heterocycles. The fourth-order valence-corrected chi connectivity index (χ4v) is 2.51. The van der Waals surface area contributed by atoms with Crippen LogP contribution in [0.4, 0.5) is 17.2 Å². The monoisotopic (exact) mass is 418 g/mol. The maximum Gasteiger partial charge on any atom is 0.275 e. The first-order valence-electron chi connectivity index (χ1n) is 9.40. The second kappa shape index (κ2) is 11.1. The fraction of sp³-hybridized carbons (Fsp3) is 0.182. The van der Waals surface area contributed by atoms with E-state index in [2.05, 4.69) is 37.4 Å². The summed E-state index contributed by atoms with van der Waals surface area (Å²) < 4.78 is 10.2. The predicted molar refractivity (Wildman–Crippen MR) is 118 cm³/mol. The molecule has 3 rings (SSSR count). The summed E-state index contributed by atoms with van der Waals surface area (Å²) in [6.45, 7) is 1.02. The number of ether oxygens (including phenoxy) is 2. The maximum atomic E-state index is 12.5. The van der Waals surface area contributed by atoms with Crippen molar-refractivity contribution in [1.82, 2.24) is 15.0 Å². The first-order chi connectivity index (χ1) is 15.2. The minimum Gasteiger partial charge on any atom is -0.463 e. The van der Waals surface area contributed by atoms with Gasteiger partial charge in [-0.2, -0.15) is 0 Å². The Hall–Kier alpha value is -4.16. The van der Waals surface area contributed by atoms with E-state index in [1.54, 1.807) is 19.4 Å². The maximum absolute atomic E-state index is 12.5. The van der Waals surface area contributed by atoms with E-state index in [4.69, 9.17) is 15.2 Å². The Morgan fingerprint density at radius 2 is 1.97 bits per heavy atom. The first-order valence-corrected chi connectivity index (χ1v) is 9.40. The summed E-state index contributed by atoms with van der Waals surface area (Å²) >= 11 is 0. The summed E-state index contributed by atoms with van der Waals surface area (Å²) in [5, 5.41) is 6.03. The summed E-state index contributed by atoms with van der Waals surface area (Å²) in [6.07, 6.45) is 4.37. The Morgan fingerprint density at radius 3 is 2.74 bits per heavy atom. The molecule has 0 aliphatic heterocycles. The molecule has 0 saturated carbocycles. The number of aromatic nitrogens is 3. The highest BCUT2D eigenvalue weighted by molar-refractivity contribution is 6.02. The fourth-order valence-electron chi connectivity index (χ4n) is 2.51. The molecular formula is C22H22N6O3. The van der Waals surface area contributed by atoms with Gasteiger partial charge in [0.25, 0.3) is 5.91 Å². The molecule has 0 atom stereocenters. The lowest BCUT2D eigenvalue weighted by atomic mass is 10.2. The minimum absolute atomic E-state index is 0.162. The average Bonchev–Trinajstić information content (AvgIpc) is 2.79. The number of carbonyl (C=O) groups is 1. The molecule has 1 aromatic carbocycles. The third-order valence-electron chi connectivity index (χ3n) is 4.00. The molecule has 0 bridgehead atoms. The highest BCUT2D eigenvalue weighted by atomic mass is 16.5. The van der Waals surface area contributed by atoms with Crippen molar-refractivity contribution < 1.29 is 14.3 Å². The molecule has 158 valence electrons. The summed E-state index contributed by atoms with van der Waals surface area (Å²) in [5.74, 6) is 5.88. The van der Waals surface area contributed by atoms with Crippen molar-refractivity contribution >= 4 is 23.1 Å². The SMILES string of the molecule is COCC#CCOc1cnc(C(=O)Nc2cccc(CNc3cccnc3N)c2)cn1. The van der Waals surface area contributed by atoms with Gasteiger partial charge in [0.05, 0.1) is 18.1 Å². The second-order valence-corrected chi connectivity index (χ2v) is 6.26. The number of benzene rings is 1. The van der Waals surface area contributed by atoms with E-state index in [1.807, 2.05) is 30.3 Å². The first kappa shape index (κ1) is 21.5. The van der Waals surface area contributed by atoms with E-state index < -0.39 is 0 Å². The van der Waals surface area contributed by atoms with Gasteiger partial charge in [-0.1, -0.05) is 24.0 Å². The van der Waals surface area contributed by atoms with E-state index in [-0.39, 0.29) is 24.1 Å². The van der Waals surface area contributed by atoms with Crippen molar-refractivity contribution in [3.05, 3.63) is 66.2 Å². The number of methoxy groups -OCH3 is 1. The zero-order valence-electron chi connectivity index (χ0n) is 17.0. The predicted octanol–water partition coefficient (Wildman–Crippen LogP) is 2.35. The van der Waals surface area contributed by atoms with Crippen molar-refractivity contribution in [2.75, 3.05) is 36.7 Å². The van der Waals surface area contributed by atoms with Crippen molar-refractivity contribution in [3.63, 3.8) is 0 Å². The number of hydrogen-bond donors (Lipinski definition) is 3. The Balaban J connectivity index is 1.55. The largest absolute Gasteiger partial charge is 0.463 e. The Labute approximate surface area is 180 Å². The van der Waals surface area contributed by atoms with Gasteiger partial charge in [0.2, 0.25) is 5.88 Å². The Kier molecular flexibility index (Phi) is 7.74.